The topological polar surface area (TPSA) is 43.8 Å². The van der Waals surface area contributed by atoms with Crippen LogP contribution in [0.5, 0.6) is 0 Å². The largest absolute Gasteiger partial charge is 0.387 e. The highest BCUT2D eigenvalue weighted by atomic mass is 32.1. The highest BCUT2D eigenvalue weighted by Crippen LogP contribution is 2.34. The molecule has 16 heavy (non-hydrogen) atoms. The Morgan fingerprint density at radius 1 is 1.50 bits per heavy atom. The van der Waals surface area contributed by atoms with Crippen molar-refractivity contribution in [2.45, 2.75) is 45.1 Å². The molecule has 88 valence electrons. The maximum atomic E-state index is 5.67. The Morgan fingerprint density at radius 3 is 2.75 bits per heavy atom. The molecule has 1 heterocycles. The van der Waals surface area contributed by atoms with Crippen molar-refractivity contribution < 1.29 is 0 Å². The van der Waals surface area contributed by atoms with Crippen LogP contribution in [0, 0.1) is 5.92 Å². The van der Waals surface area contributed by atoms with Gasteiger partial charge in [0.15, 0.2) is 5.82 Å². The molecule has 0 unspecified atom stereocenters. The first kappa shape index (κ1) is 11.6. The maximum Gasteiger partial charge on any atom is 0.167 e. The van der Waals surface area contributed by atoms with E-state index in [-0.39, 0.29) is 0 Å². The number of hydrogen-bond donors (Lipinski definition) is 1. The second-order valence-corrected chi connectivity index (χ2v) is 5.04. The van der Waals surface area contributed by atoms with Crippen molar-refractivity contribution in [2.75, 3.05) is 0 Å². The molecule has 0 bridgehead atoms. The second kappa shape index (κ2) is 4.95. The first-order valence-corrected chi connectivity index (χ1v) is 6.45. The summed E-state index contributed by atoms with van der Waals surface area (Å²) in [6, 6.07) is 0.543. The molecule has 2 N–H and O–H groups in total. The highest BCUT2D eigenvalue weighted by Gasteiger charge is 2.23. The zero-order chi connectivity index (χ0) is 11.5. The van der Waals surface area contributed by atoms with Crippen LogP contribution in [-0.4, -0.2) is 14.5 Å². The highest BCUT2D eigenvalue weighted by molar-refractivity contribution is 7.80. The lowest BCUT2D eigenvalue weighted by Crippen LogP contribution is -2.23. The predicted molar refractivity (Wildman–Crippen MR) is 69.4 cm³/mol. The van der Waals surface area contributed by atoms with Crippen molar-refractivity contribution in [3.8, 4) is 0 Å². The number of thiocarbonyl (C=S) groups is 1. The van der Waals surface area contributed by atoms with Gasteiger partial charge < -0.3 is 10.3 Å². The maximum absolute atomic E-state index is 5.67. The summed E-state index contributed by atoms with van der Waals surface area (Å²) in [7, 11) is 0. The van der Waals surface area contributed by atoms with Gasteiger partial charge in [0.25, 0.3) is 0 Å². The van der Waals surface area contributed by atoms with E-state index in [1.165, 1.54) is 32.1 Å². The molecule has 0 amide bonds. The number of nitrogens with two attached hydrogens (primary N) is 1. The van der Waals surface area contributed by atoms with Crippen LogP contribution in [-0.2, 0) is 0 Å². The lowest BCUT2D eigenvalue weighted by molar-refractivity contribution is 0.269. The number of nitrogens with zero attached hydrogens (tertiary/aromatic N) is 2. The standard InChI is InChI=1S/C12H19N3S/c1-2-9-3-5-10(6-4-9)15-8-7-14-12(15)11(13)16/h7-10H,2-6H2,1H3,(H2,13,16). The molecular formula is C12H19N3S. The van der Waals surface area contributed by atoms with Crippen LogP contribution in [0.1, 0.15) is 50.9 Å². The van der Waals surface area contributed by atoms with Crippen LogP contribution in [0.3, 0.4) is 0 Å². The second-order valence-electron chi connectivity index (χ2n) is 4.61. The zero-order valence-electron chi connectivity index (χ0n) is 9.72. The lowest BCUT2D eigenvalue weighted by atomic mass is 9.84. The van der Waals surface area contributed by atoms with Gasteiger partial charge >= 0.3 is 0 Å². The molecular weight excluding hydrogens is 218 g/mol. The summed E-state index contributed by atoms with van der Waals surface area (Å²) in [6.45, 7) is 2.28. The molecule has 1 aliphatic carbocycles. The molecule has 1 saturated carbocycles. The smallest absolute Gasteiger partial charge is 0.167 e. The normalized spacial score (nSPS) is 25.6. The van der Waals surface area contributed by atoms with E-state index < -0.39 is 0 Å². The molecule has 1 aliphatic rings. The molecule has 0 saturated heterocycles. The average molecular weight is 237 g/mol. The fraction of sp³-hybridized carbons (Fsp3) is 0.667. The summed E-state index contributed by atoms with van der Waals surface area (Å²) in [5.41, 5.74) is 5.67. The summed E-state index contributed by atoms with van der Waals surface area (Å²) in [5, 5.41) is 0. The van der Waals surface area contributed by atoms with Crippen LogP contribution in [0.2, 0.25) is 0 Å². The van der Waals surface area contributed by atoms with Crippen molar-refractivity contribution in [1.82, 2.24) is 9.55 Å². The average Bonchev–Trinajstić information content (AvgIpc) is 2.78. The fourth-order valence-corrected chi connectivity index (χ4v) is 2.79. The summed E-state index contributed by atoms with van der Waals surface area (Å²) in [6.07, 6.45) is 10.2. The Labute approximate surface area is 102 Å². The predicted octanol–water partition coefficient (Wildman–Crippen LogP) is 2.66. The van der Waals surface area contributed by atoms with Crippen molar-refractivity contribution in [1.29, 1.82) is 0 Å². The molecule has 0 atom stereocenters. The summed E-state index contributed by atoms with van der Waals surface area (Å²) < 4.78 is 2.16. The van der Waals surface area contributed by atoms with Crippen LogP contribution in [0.25, 0.3) is 0 Å². The van der Waals surface area contributed by atoms with E-state index in [1.54, 1.807) is 6.20 Å². The minimum absolute atomic E-state index is 0.405. The van der Waals surface area contributed by atoms with Gasteiger partial charge in [-0.3, -0.25) is 0 Å². The fourth-order valence-electron chi connectivity index (χ4n) is 2.63. The van der Waals surface area contributed by atoms with Gasteiger partial charge in [0.2, 0.25) is 0 Å². The van der Waals surface area contributed by atoms with Gasteiger partial charge in [-0.1, -0.05) is 25.6 Å². The summed E-state index contributed by atoms with van der Waals surface area (Å²) in [4.78, 5) is 4.63. The van der Waals surface area contributed by atoms with Gasteiger partial charge in [-0.2, -0.15) is 0 Å². The minimum atomic E-state index is 0.405. The van der Waals surface area contributed by atoms with Crippen molar-refractivity contribution in [2.24, 2.45) is 11.7 Å². The SMILES string of the molecule is CCC1CCC(n2ccnc2C(N)=S)CC1. The molecule has 0 spiro atoms. The number of rotatable bonds is 3. The van der Waals surface area contributed by atoms with Crippen molar-refractivity contribution in [3.05, 3.63) is 18.2 Å². The van der Waals surface area contributed by atoms with Crippen molar-refractivity contribution >= 4 is 17.2 Å². The molecule has 0 aliphatic heterocycles. The van der Waals surface area contributed by atoms with Gasteiger partial charge in [0, 0.05) is 18.4 Å². The number of aromatic nitrogens is 2. The first-order chi connectivity index (χ1) is 7.72. The van der Waals surface area contributed by atoms with Gasteiger partial charge in [0.05, 0.1) is 0 Å². The zero-order valence-corrected chi connectivity index (χ0v) is 10.5. The van der Waals surface area contributed by atoms with Gasteiger partial charge in [-0.25, -0.2) is 4.98 Å². The van der Waals surface area contributed by atoms with E-state index in [0.29, 0.717) is 11.0 Å². The van der Waals surface area contributed by atoms with E-state index in [1.807, 2.05) is 6.20 Å². The van der Waals surface area contributed by atoms with Crippen molar-refractivity contribution in [3.63, 3.8) is 0 Å². The van der Waals surface area contributed by atoms with Crippen LogP contribution in [0.15, 0.2) is 12.4 Å². The Hall–Kier alpha value is -0.900. The number of hydrogen-bond acceptors (Lipinski definition) is 2. The molecule has 1 aromatic rings. The monoisotopic (exact) mass is 237 g/mol. The third-order valence-electron chi connectivity index (χ3n) is 3.68. The molecule has 1 aromatic heterocycles. The first-order valence-electron chi connectivity index (χ1n) is 6.05. The van der Waals surface area contributed by atoms with E-state index in [9.17, 15) is 0 Å². The molecule has 3 nitrogen and oxygen atoms in total. The summed E-state index contributed by atoms with van der Waals surface area (Å²) in [5.74, 6) is 1.68. The Kier molecular flexibility index (Phi) is 3.59. The quantitative estimate of drug-likeness (QED) is 0.822. The molecule has 0 aromatic carbocycles. The Bertz CT molecular complexity index is 364. The molecule has 0 radical (unpaired) electrons. The van der Waals surface area contributed by atoms with Crippen LogP contribution < -0.4 is 5.73 Å². The van der Waals surface area contributed by atoms with Gasteiger partial charge in [-0.05, 0) is 31.6 Å². The Morgan fingerprint density at radius 2 is 2.19 bits per heavy atom. The third-order valence-corrected chi connectivity index (χ3v) is 3.86. The van der Waals surface area contributed by atoms with Crippen LogP contribution >= 0.6 is 12.2 Å². The molecule has 4 heteroatoms. The lowest BCUT2D eigenvalue weighted by Gasteiger charge is -2.29. The molecule has 2 rings (SSSR count). The minimum Gasteiger partial charge on any atom is -0.387 e. The van der Waals surface area contributed by atoms with Gasteiger partial charge in [0.1, 0.15) is 4.99 Å². The van der Waals surface area contributed by atoms with E-state index in [4.69, 9.17) is 18.0 Å². The van der Waals surface area contributed by atoms with Gasteiger partial charge in [-0.15, -0.1) is 0 Å². The summed E-state index contributed by atoms with van der Waals surface area (Å²) >= 11 is 5.01. The Balaban J connectivity index is 2.08. The van der Waals surface area contributed by atoms with E-state index in [0.717, 1.165) is 11.7 Å². The van der Waals surface area contributed by atoms with E-state index in [2.05, 4.69) is 16.5 Å². The van der Waals surface area contributed by atoms with Crippen LogP contribution in [0.4, 0.5) is 0 Å². The third kappa shape index (κ3) is 2.26. The number of imidazole rings is 1. The molecule has 1 fully saturated rings. The van der Waals surface area contributed by atoms with E-state index >= 15 is 0 Å².